The first kappa shape index (κ1) is 17.5. The van der Waals surface area contributed by atoms with E-state index in [0.717, 1.165) is 25.9 Å². The summed E-state index contributed by atoms with van der Waals surface area (Å²) in [6.07, 6.45) is 3.47. The molecule has 0 aliphatic carbocycles. The first-order valence-corrected chi connectivity index (χ1v) is 8.45. The summed E-state index contributed by atoms with van der Waals surface area (Å²) in [7, 11) is 0. The molecular weight excluding hydrogens is 330 g/mol. The van der Waals surface area contributed by atoms with Crippen LogP contribution >= 0.6 is 0 Å². The number of nitrogens with one attached hydrogen (secondary N) is 1. The van der Waals surface area contributed by atoms with Crippen molar-refractivity contribution in [1.29, 1.82) is 10.5 Å². The normalized spacial score (nSPS) is 14.5. The zero-order chi connectivity index (χ0) is 18.7. The van der Waals surface area contributed by atoms with Crippen LogP contribution in [-0.4, -0.2) is 28.1 Å². The molecule has 0 saturated carbocycles. The summed E-state index contributed by atoms with van der Waals surface area (Å²) in [4.78, 5) is 16.7. The number of nitrogen functional groups attached to an aromatic ring is 1. The average Bonchev–Trinajstić information content (AvgIpc) is 2.64. The Morgan fingerprint density at radius 2 is 1.85 bits per heavy atom. The topological polar surface area (TPSA) is 130 Å². The molecule has 0 unspecified atom stereocenters. The van der Waals surface area contributed by atoms with E-state index in [2.05, 4.69) is 9.88 Å². The smallest absolute Gasteiger partial charge is 0.268 e. The lowest BCUT2D eigenvalue weighted by Crippen LogP contribution is -2.29. The molecule has 2 heterocycles. The minimum Gasteiger partial charge on any atom is -0.508 e. The van der Waals surface area contributed by atoms with Crippen LogP contribution in [-0.2, 0) is 6.54 Å². The van der Waals surface area contributed by atoms with Crippen molar-refractivity contribution in [3.63, 3.8) is 0 Å². The van der Waals surface area contributed by atoms with Gasteiger partial charge in [0, 0.05) is 17.7 Å². The Labute approximate surface area is 150 Å². The maximum Gasteiger partial charge on any atom is 0.268 e. The summed E-state index contributed by atoms with van der Waals surface area (Å²) >= 11 is 0. The zero-order valence-corrected chi connectivity index (χ0v) is 14.2. The highest BCUT2D eigenvalue weighted by atomic mass is 16.3. The number of aromatic amines is 1. The van der Waals surface area contributed by atoms with Gasteiger partial charge < -0.3 is 15.8 Å². The highest BCUT2D eigenvalue weighted by molar-refractivity contribution is 5.80. The van der Waals surface area contributed by atoms with Gasteiger partial charge in [-0.2, -0.15) is 10.5 Å². The van der Waals surface area contributed by atoms with Crippen LogP contribution in [0.4, 0.5) is 5.82 Å². The van der Waals surface area contributed by atoms with Crippen LogP contribution in [0.5, 0.6) is 5.75 Å². The van der Waals surface area contributed by atoms with E-state index in [0.29, 0.717) is 17.7 Å². The molecule has 0 atom stereocenters. The maximum absolute atomic E-state index is 12.1. The van der Waals surface area contributed by atoms with Gasteiger partial charge in [-0.1, -0.05) is 12.5 Å². The fourth-order valence-electron chi connectivity index (χ4n) is 3.36. The summed E-state index contributed by atoms with van der Waals surface area (Å²) < 4.78 is 0. The Balaban J connectivity index is 2.11. The fourth-order valence-corrected chi connectivity index (χ4v) is 3.36. The Morgan fingerprint density at radius 3 is 2.50 bits per heavy atom. The largest absolute Gasteiger partial charge is 0.508 e. The Morgan fingerprint density at radius 1 is 1.15 bits per heavy atom. The first-order valence-electron chi connectivity index (χ1n) is 8.45. The molecule has 0 amide bonds. The van der Waals surface area contributed by atoms with Gasteiger partial charge in [0.05, 0.1) is 0 Å². The molecule has 4 N–H and O–H groups in total. The molecule has 7 heteroatoms. The van der Waals surface area contributed by atoms with Gasteiger partial charge in [-0.3, -0.25) is 9.69 Å². The summed E-state index contributed by atoms with van der Waals surface area (Å²) in [5.41, 5.74) is 6.43. The number of H-pyrrole nitrogens is 1. The van der Waals surface area contributed by atoms with Crippen LogP contribution in [0.3, 0.4) is 0 Å². The van der Waals surface area contributed by atoms with Gasteiger partial charge in [0.1, 0.15) is 34.8 Å². The second-order valence-corrected chi connectivity index (χ2v) is 6.40. The van der Waals surface area contributed by atoms with Crippen molar-refractivity contribution in [2.75, 3.05) is 18.8 Å². The number of piperidine rings is 1. The van der Waals surface area contributed by atoms with Crippen LogP contribution in [0, 0.1) is 22.7 Å². The SMILES string of the molecule is N#Cc1c(N)[nH]c(=O)c(C#N)c1-c1ccc(O)c(CN2CCCCC2)c1. The van der Waals surface area contributed by atoms with Crippen molar-refractivity contribution in [2.45, 2.75) is 25.8 Å². The molecule has 7 nitrogen and oxygen atoms in total. The second-order valence-electron chi connectivity index (χ2n) is 6.40. The summed E-state index contributed by atoms with van der Waals surface area (Å²) in [5, 5.41) is 29.0. The van der Waals surface area contributed by atoms with Crippen molar-refractivity contribution < 1.29 is 5.11 Å². The van der Waals surface area contributed by atoms with Gasteiger partial charge in [-0.05, 0) is 43.6 Å². The number of nitrogens with zero attached hydrogens (tertiary/aromatic N) is 3. The van der Waals surface area contributed by atoms with Gasteiger partial charge in [0.25, 0.3) is 5.56 Å². The minimum atomic E-state index is -0.635. The molecule has 26 heavy (non-hydrogen) atoms. The number of aromatic nitrogens is 1. The van der Waals surface area contributed by atoms with Crippen LogP contribution < -0.4 is 11.3 Å². The lowest BCUT2D eigenvalue weighted by atomic mass is 9.94. The van der Waals surface area contributed by atoms with E-state index in [1.54, 1.807) is 12.1 Å². The van der Waals surface area contributed by atoms with Crippen molar-refractivity contribution in [3.05, 3.63) is 45.2 Å². The molecule has 0 radical (unpaired) electrons. The number of hydrogen-bond donors (Lipinski definition) is 3. The van der Waals surface area contributed by atoms with Crippen LogP contribution in [0.15, 0.2) is 23.0 Å². The number of nitrogens with two attached hydrogens (primary N) is 1. The third-order valence-corrected chi connectivity index (χ3v) is 4.68. The number of phenols is 1. The maximum atomic E-state index is 12.1. The predicted molar refractivity (Wildman–Crippen MR) is 97.1 cm³/mol. The predicted octanol–water partition coefficient (Wildman–Crippen LogP) is 2.06. The number of anilines is 1. The highest BCUT2D eigenvalue weighted by Gasteiger charge is 2.20. The van der Waals surface area contributed by atoms with Gasteiger partial charge in [0.2, 0.25) is 0 Å². The molecule has 1 fully saturated rings. The van der Waals surface area contributed by atoms with Crippen molar-refractivity contribution in [1.82, 2.24) is 9.88 Å². The second kappa shape index (κ2) is 7.30. The van der Waals surface area contributed by atoms with Crippen molar-refractivity contribution >= 4 is 5.82 Å². The number of hydrogen-bond acceptors (Lipinski definition) is 6. The van der Waals surface area contributed by atoms with E-state index in [1.165, 1.54) is 12.5 Å². The Bertz CT molecular complexity index is 975. The molecule has 1 aromatic heterocycles. The lowest BCUT2D eigenvalue weighted by molar-refractivity contribution is 0.218. The number of likely N-dealkylation sites (tertiary alicyclic amines) is 1. The molecule has 3 rings (SSSR count). The van der Waals surface area contributed by atoms with Crippen molar-refractivity contribution in [3.8, 4) is 29.0 Å². The monoisotopic (exact) mass is 349 g/mol. The number of nitriles is 2. The van der Waals surface area contributed by atoms with Gasteiger partial charge in [-0.15, -0.1) is 0 Å². The number of pyridine rings is 1. The van der Waals surface area contributed by atoms with Crippen molar-refractivity contribution in [2.24, 2.45) is 0 Å². The zero-order valence-electron chi connectivity index (χ0n) is 14.2. The third kappa shape index (κ3) is 3.26. The number of aromatic hydroxyl groups is 1. The molecule has 2 aromatic rings. The van der Waals surface area contributed by atoms with E-state index in [1.807, 2.05) is 12.1 Å². The van der Waals surface area contributed by atoms with Gasteiger partial charge in [-0.25, -0.2) is 0 Å². The quantitative estimate of drug-likeness (QED) is 0.777. The highest BCUT2D eigenvalue weighted by Crippen LogP contribution is 2.32. The molecule has 1 aliphatic heterocycles. The molecule has 0 bridgehead atoms. The number of rotatable bonds is 3. The summed E-state index contributed by atoms with van der Waals surface area (Å²) in [6, 6.07) is 8.65. The lowest BCUT2D eigenvalue weighted by Gasteiger charge is -2.26. The minimum absolute atomic E-state index is 0.0516. The third-order valence-electron chi connectivity index (χ3n) is 4.68. The average molecular weight is 349 g/mol. The van der Waals surface area contributed by atoms with E-state index < -0.39 is 5.56 Å². The van der Waals surface area contributed by atoms with E-state index in [4.69, 9.17) is 5.73 Å². The Hall–Kier alpha value is -3.29. The molecule has 132 valence electrons. The summed E-state index contributed by atoms with van der Waals surface area (Å²) in [5.74, 6) is 0.0753. The van der Waals surface area contributed by atoms with Gasteiger partial charge >= 0.3 is 0 Å². The first-order chi connectivity index (χ1) is 12.5. The molecule has 1 aliphatic rings. The Kier molecular flexibility index (Phi) is 4.92. The van der Waals surface area contributed by atoms with E-state index in [-0.39, 0.29) is 28.3 Å². The number of phenolic OH excluding ortho intramolecular Hbond substituents is 1. The fraction of sp³-hybridized carbons (Fsp3) is 0.316. The van der Waals surface area contributed by atoms with Crippen LogP contribution in [0.2, 0.25) is 0 Å². The van der Waals surface area contributed by atoms with Gasteiger partial charge in [0.15, 0.2) is 0 Å². The standard InChI is InChI=1S/C19H19N5O2/c20-9-14-17(15(10-21)19(26)23-18(14)22)12-4-5-16(25)13(8-12)11-24-6-2-1-3-7-24/h4-5,8,25H,1-3,6-7,11H2,(H3,22,23,26). The van der Waals surface area contributed by atoms with Crippen LogP contribution in [0.1, 0.15) is 36.0 Å². The number of benzene rings is 1. The molecular formula is C19H19N5O2. The van der Waals surface area contributed by atoms with E-state index in [9.17, 15) is 20.4 Å². The molecule has 1 saturated heterocycles. The van der Waals surface area contributed by atoms with E-state index >= 15 is 0 Å². The molecule has 1 aromatic carbocycles. The summed E-state index contributed by atoms with van der Waals surface area (Å²) in [6.45, 7) is 2.51. The van der Waals surface area contributed by atoms with Crippen LogP contribution in [0.25, 0.3) is 11.1 Å². The molecule has 0 spiro atoms.